The molecule has 298 valence electrons. The van der Waals surface area contributed by atoms with Crippen LogP contribution in [0.5, 0.6) is 0 Å². The minimum absolute atomic E-state index is 0. The molecule has 0 aliphatic rings. The van der Waals surface area contributed by atoms with Crippen molar-refractivity contribution in [1.82, 2.24) is 0 Å². The third-order valence-electron chi connectivity index (χ3n) is 5.90. The fraction of sp³-hybridized carbons (Fsp3) is 0.391. The summed E-state index contributed by atoms with van der Waals surface area (Å²) in [6.07, 6.45) is 3.78. The van der Waals surface area contributed by atoms with E-state index in [-0.39, 0.29) is 74.4 Å². The summed E-state index contributed by atoms with van der Waals surface area (Å²) in [5, 5.41) is 34.3. The first-order valence-electron chi connectivity index (χ1n) is 17.7. The first-order valence-corrected chi connectivity index (χ1v) is 17.7. The summed E-state index contributed by atoms with van der Waals surface area (Å²) in [7, 11) is 0. The molecule has 0 aromatic heterocycles. The molecule has 6 nitrogen and oxygen atoms in total. The number of hydrogen-bond acceptors (Lipinski definition) is 4. The molecule has 8 heteroatoms. The number of aliphatic hydroxyl groups is 4. The molecule has 0 amide bonds. The second-order valence-corrected chi connectivity index (χ2v) is 14.4. The molecule has 0 bridgehead atoms. The Morgan fingerprint density at radius 2 is 0.574 bits per heavy atom. The van der Waals surface area contributed by atoms with Gasteiger partial charge in [-0.2, -0.15) is 0 Å². The van der Waals surface area contributed by atoms with Gasteiger partial charge in [-0.1, -0.05) is 72.8 Å². The summed E-state index contributed by atoms with van der Waals surface area (Å²) in [5.41, 5.74) is 4.64. The molecule has 0 heterocycles. The van der Waals surface area contributed by atoms with Crippen LogP contribution in [0.15, 0.2) is 121 Å². The van der Waals surface area contributed by atoms with E-state index in [1.54, 1.807) is 27.7 Å². The molecular weight excluding hydrogens is 850 g/mol. The van der Waals surface area contributed by atoms with Gasteiger partial charge in [0.05, 0.1) is 24.4 Å². The van der Waals surface area contributed by atoms with E-state index < -0.39 is 0 Å². The zero-order valence-electron chi connectivity index (χ0n) is 33.8. The van der Waals surface area contributed by atoms with Crippen LogP contribution in [0.3, 0.4) is 0 Å². The van der Waals surface area contributed by atoms with Gasteiger partial charge < -0.3 is 30.1 Å². The van der Waals surface area contributed by atoms with Crippen LogP contribution >= 0.6 is 0 Å². The molecule has 4 N–H and O–H groups in total. The number of benzene rings is 4. The van der Waals surface area contributed by atoms with Gasteiger partial charge in [0.15, 0.2) is 0 Å². The topological polar surface area (TPSA) is 89.6 Å². The van der Waals surface area contributed by atoms with Gasteiger partial charge in [-0.25, -0.2) is 13.1 Å². The van der Waals surface area contributed by atoms with Gasteiger partial charge in [0.25, 0.3) is 0 Å². The smallest absolute Gasteiger partial charge is 0.393 e. The molecular formula is C46H64N2O4Rh2+2. The largest absolute Gasteiger partial charge is 2.00 e. The third-order valence-corrected chi connectivity index (χ3v) is 5.90. The Balaban J connectivity index is -0.000000287. The Bertz CT molecular complexity index is 1260. The second-order valence-electron chi connectivity index (χ2n) is 14.4. The van der Waals surface area contributed by atoms with Gasteiger partial charge in [0.2, 0.25) is 11.1 Å². The van der Waals surface area contributed by atoms with E-state index in [0.29, 0.717) is 12.8 Å². The van der Waals surface area contributed by atoms with Gasteiger partial charge in [0, 0.05) is 41.5 Å². The number of nitrogens with zero attached hydrogens (tertiary/aromatic N) is 2. The van der Waals surface area contributed by atoms with Crippen molar-refractivity contribution >= 4 is 0 Å². The second kappa shape index (κ2) is 34.2. The zero-order chi connectivity index (χ0) is 40.0. The summed E-state index contributed by atoms with van der Waals surface area (Å²) < 4.78 is 0. The monoisotopic (exact) mass is 914 g/mol. The van der Waals surface area contributed by atoms with Crippen molar-refractivity contribution in [1.29, 1.82) is 0 Å². The standard InChI is InChI=1S/2C13H11.2C5H9N.2C5H12O2.2Rh/c2*1-3-7-12(8-4-1)11-13-9-5-2-6-10-13;2*1-5(2,3)6-4;2*1-4(6)3-5(2)7;;/h2*1-11H;2*1-3H3;2*4-7H,3H2,1-2H3;;/q2*-1;;;;;2*+2. The third kappa shape index (κ3) is 43.1. The van der Waals surface area contributed by atoms with Crippen molar-refractivity contribution in [2.45, 2.75) is 118 Å². The predicted octanol–water partition coefficient (Wildman–Crippen LogP) is 10.3. The van der Waals surface area contributed by atoms with E-state index in [1.807, 2.05) is 65.8 Å². The molecule has 4 rings (SSSR count). The predicted molar refractivity (Wildman–Crippen MR) is 219 cm³/mol. The van der Waals surface area contributed by atoms with Crippen molar-refractivity contribution in [2.75, 3.05) is 0 Å². The van der Waals surface area contributed by atoms with E-state index in [2.05, 4.69) is 120 Å². The number of hydrogen-bond donors (Lipinski definition) is 4. The van der Waals surface area contributed by atoms with Crippen LogP contribution in [0.25, 0.3) is 9.69 Å². The van der Waals surface area contributed by atoms with Crippen molar-refractivity contribution in [3.05, 3.63) is 179 Å². The normalized spacial score (nSPS) is 11.8. The fourth-order valence-electron chi connectivity index (χ4n) is 3.57. The Labute approximate surface area is 354 Å². The van der Waals surface area contributed by atoms with Crippen LogP contribution < -0.4 is 0 Å². The minimum Gasteiger partial charge on any atom is -0.393 e. The average Bonchev–Trinajstić information content (AvgIpc) is 3.06. The molecule has 0 spiro atoms. The van der Waals surface area contributed by atoms with Crippen molar-refractivity contribution in [2.24, 2.45) is 0 Å². The van der Waals surface area contributed by atoms with Crippen LogP contribution in [-0.4, -0.2) is 55.9 Å². The van der Waals surface area contributed by atoms with Crippen LogP contribution in [0.4, 0.5) is 0 Å². The Kier molecular flexibility index (Phi) is 36.4. The maximum Gasteiger partial charge on any atom is 2.00 e. The van der Waals surface area contributed by atoms with Gasteiger partial charge >= 0.3 is 39.0 Å². The van der Waals surface area contributed by atoms with Gasteiger partial charge in [-0.3, -0.25) is 0 Å². The zero-order valence-corrected chi connectivity index (χ0v) is 37.1. The Morgan fingerprint density at radius 1 is 0.426 bits per heavy atom. The molecule has 4 atom stereocenters. The Hall–Kier alpha value is -3.31. The first-order chi connectivity index (χ1) is 24.3. The van der Waals surface area contributed by atoms with Crippen LogP contribution in [0.1, 0.15) is 104 Å². The molecule has 0 saturated carbocycles. The van der Waals surface area contributed by atoms with Crippen LogP contribution in [0, 0.1) is 26.0 Å². The molecule has 4 aromatic carbocycles. The summed E-state index contributed by atoms with van der Waals surface area (Å²) in [5.74, 6) is 0. The molecule has 0 aliphatic heterocycles. The summed E-state index contributed by atoms with van der Waals surface area (Å²) in [4.78, 5) is 6.54. The minimum atomic E-state index is -0.375. The molecule has 54 heavy (non-hydrogen) atoms. The average molecular weight is 915 g/mol. The molecule has 4 aromatic rings. The first kappa shape index (κ1) is 57.4. The van der Waals surface area contributed by atoms with Gasteiger partial charge in [0.1, 0.15) is 0 Å². The number of rotatable bonds is 8. The van der Waals surface area contributed by atoms with Gasteiger partial charge in [-0.15, -0.1) is 83.6 Å². The molecule has 4 unspecified atom stereocenters. The maximum absolute atomic E-state index is 8.56. The van der Waals surface area contributed by atoms with Crippen LogP contribution in [-0.2, 0) is 39.0 Å². The van der Waals surface area contributed by atoms with E-state index in [9.17, 15) is 0 Å². The van der Waals surface area contributed by atoms with Gasteiger partial charge in [-0.05, 0) is 40.5 Å². The van der Waals surface area contributed by atoms with Crippen LogP contribution in [0.2, 0.25) is 0 Å². The van der Waals surface area contributed by atoms with E-state index >= 15 is 0 Å². The summed E-state index contributed by atoms with van der Waals surface area (Å²) >= 11 is 0. The van der Waals surface area contributed by atoms with E-state index in [1.165, 1.54) is 22.3 Å². The molecule has 0 saturated heterocycles. The van der Waals surface area contributed by atoms with E-state index in [0.717, 1.165) is 0 Å². The van der Waals surface area contributed by atoms with Crippen molar-refractivity contribution in [3.63, 3.8) is 0 Å². The Morgan fingerprint density at radius 3 is 0.667 bits per heavy atom. The SMILES string of the molecule is CC(O)CC(C)O.CC(O)CC(C)O.[C-]#[N+]C(C)(C)C.[C-]#[N+]C(C)(C)C.[Rh+2].[Rh+2].c1ccc([CH-]c2ccccc2)cc1.c1ccc([CH-]c2ccccc2)cc1. The van der Waals surface area contributed by atoms with Crippen molar-refractivity contribution < 1.29 is 59.4 Å². The quantitative estimate of drug-likeness (QED) is 0.105. The summed E-state index contributed by atoms with van der Waals surface area (Å²) in [6.45, 7) is 30.9. The molecule has 0 fully saturated rings. The molecule has 2 radical (unpaired) electrons. The van der Waals surface area contributed by atoms with Crippen molar-refractivity contribution in [3.8, 4) is 0 Å². The van der Waals surface area contributed by atoms with E-state index in [4.69, 9.17) is 33.6 Å². The fourth-order valence-corrected chi connectivity index (χ4v) is 3.57. The number of aliphatic hydroxyl groups excluding tert-OH is 4. The maximum atomic E-state index is 8.56. The molecule has 0 aliphatic carbocycles. The summed E-state index contributed by atoms with van der Waals surface area (Å²) in [6, 6.07) is 41.4.